The average molecular weight is 314 g/mol. The fourth-order valence-corrected chi connectivity index (χ4v) is 1.74. The van der Waals surface area contributed by atoms with E-state index in [1.165, 1.54) is 14.2 Å². The van der Waals surface area contributed by atoms with Crippen molar-refractivity contribution in [2.24, 2.45) is 0 Å². The van der Waals surface area contributed by atoms with Gasteiger partial charge in [0.2, 0.25) is 6.54 Å². The fourth-order valence-electron chi connectivity index (χ4n) is 1.63. The Morgan fingerprint density at radius 3 is 2.43 bits per heavy atom. The summed E-state index contributed by atoms with van der Waals surface area (Å²) < 4.78 is 15.8. The zero-order chi connectivity index (χ0) is 16.0. The minimum atomic E-state index is -0.797. The maximum absolute atomic E-state index is 10.8. The van der Waals surface area contributed by atoms with Crippen molar-refractivity contribution >= 4 is 17.4 Å². The number of rotatable bonds is 6. The lowest BCUT2D eigenvalue weighted by molar-refractivity contribution is -0.490. The molecule has 0 bridgehead atoms. The highest BCUT2D eigenvalue weighted by atomic mass is 32.1. The monoisotopic (exact) mass is 314 g/mol. The lowest BCUT2D eigenvalue weighted by atomic mass is 10.1. The molecule has 0 aliphatic heterocycles. The van der Waals surface area contributed by atoms with Crippen LogP contribution in [0.4, 0.5) is 0 Å². The first-order valence-corrected chi connectivity index (χ1v) is 6.51. The van der Waals surface area contributed by atoms with E-state index in [1.807, 2.05) is 0 Å². The molecule has 0 aliphatic carbocycles. The van der Waals surface area contributed by atoms with Gasteiger partial charge in [0, 0.05) is 24.6 Å². The predicted octanol–water partition coefficient (Wildman–Crippen LogP) is 1.88. The van der Waals surface area contributed by atoms with Crippen molar-refractivity contribution in [2.75, 3.05) is 34.9 Å². The maximum atomic E-state index is 10.8. The van der Waals surface area contributed by atoms with Crippen molar-refractivity contribution < 1.29 is 19.1 Å². The summed E-state index contributed by atoms with van der Waals surface area (Å²) in [6.45, 7) is -0.399. The Bertz CT molecular complexity index is 521. The zero-order valence-corrected chi connectivity index (χ0v) is 13.2. The van der Waals surface area contributed by atoms with Gasteiger partial charge in [0.15, 0.2) is 17.6 Å². The van der Waals surface area contributed by atoms with Crippen LogP contribution in [0.1, 0.15) is 11.7 Å². The first-order valence-electron chi connectivity index (χ1n) is 6.10. The SMILES string of the molecule is COc1ccc(C(C[N+](=O)[O-])OC(=S)N(C)C)cc1OC. The van der Waals surface area contributed by atoms with E-state index in [1.54, 1.807) is 37.2 Å². The zero-order valence-electron chi connectivity index (χ0n) is 12.4. The van der Waals surface area contributed by atoms with Crippen molar-refractivity contribution in [2.45, 2.75) is 6.10 Å². The molecule has 0 fully saturated rings. The summed E-state index contributed by atoms with van der Waals surface area (Å²) in [6.07, 6.45) is -0.797. The number of ether oxygens (including phenoxy) is 3. The molecule has 0 spiro atoms. The second-order valence-electron chi connectivity index (χ2n) is 4.40. The number of hydrogen-bond donors (Lipinski definition) is 0. The largest absolute Gasteiger partial charge is 0.493 e. The lowest BCUT2D eigenvalue weighted by Gasteiger charge is -2.21. The van der Waals surface area contributed by atoms with E-state index < -0.39 is 17.6 Å². The van der Waals surface area contributed by atoms with Crippen LogP contribution in [0.5, 0.6) is 11.5 Å². The molecule has 1 unspecified atom stereocenters. The van der Waals surface area contributed by atoms with Crippen LogP contribution >= 0.6 is 12.2 Å². The van der Waals surface area contributed by atoms with Crippen molar-refractivity contribution in [3.05, 3.63) is 33.9 Å². The Morgan fingerprint density at radius 2 is 1.95 bits per heavy atom. The van der Waals surface area contributed by atoms with Crippen LogP contribution in [-0.2, 0) is 4.74 Å². The van der Waals surface area contributed by atoms with Crippen LogP contribution in [0.15, 0.2) is 18.2 Å². The van der Waals surface area contributed by atoms with Crippen LogP contribution in [0.3, 0.4) is 0 Å². The summed E-state index contributed by atoms with van der Waals surface area (Å²) >= 11 is 5.04. The van der Waals surface area contributed by atoms with Crippen molar-refractivity contribution in [1.29, 1.82) is 0 Å². The summed E-state index contributed by atoms with van der Waals surface area (Å²) in [5.74, 6) is 1.01. The molecule has 1 rings (SSSR count). The van der Waals surface area contributed by atoms with E-state index in [0.29, 0.717) is 17.1 Å². The van der Waals surface area contributed by atoms with Gasteiger partial charge in [0.25, 0.3) is 5.17 Å². The van der Waals surface area contributed by atoms with E-state index in [2.05, 4.69) is 0 Å². The molecule has 1 atom stereocenters. The molecule has 1 aromatic rings. The smallest absolute Gasteiger partial charge is 0.259 e. The van der Waals surface area contributed by atoms with E-state index in [4.69, 9.17) is 26.4 Å². The number of thiocarbonyl (C=S) groups is 1. The van der Waals surface area contributed by atoms with Crippen LogP contribution in [0.25, 0.3) is 0 Å². The van der Waals surface area contributed by atoms with Crippen LogP contribution < -0.4 is 9.47 Å². The topological polar surface area (TPSA) is 74.1 Å². The third-order valence-corrected chi connectivity index (χ3v) is 3.16. The number of nitrogens with zero attached hydrogens (tertiary/aromatic N) is 2. The Balaban J connectivity index is 3.07. The number of benzene rings is 1. The molecule has 0 radical (unpaired) electrons. The standard InChI is InChI=1S/C13H18N2O5S/c1-14(2)13(21)20-12(8-15(16)17)9-5-6-10(18-3)11(7-9)19-4/h5-7,12H,8H2,1-4H3. The van der Waals surface area contributed by atoms with Gasteiger partial charge in [-0.15, -0.1) is 0 Å². The summed E-state index contributed by atoms with van der Waals surface area (Å²) in [4.78, 5) is 12.0. The highest BCUT2D eigenvalue weighted by molar-refractivity contribution is 7.80. The molecular weight excluding hydrogens is 296 g/mol. The van der Waals surface area contributed by atoms with E-state index in [9.17, 15) is 10.1 Å². The van der Waals surface area contributed by atoms with E-state index >= 15 is 0 Å². The predicted molar refractivity (Wildman–Crippen MR) is 81.5 cm³/mol. The van der Waals surface area contributed by atoms with Gasteiger partial charge >= 0.3 is 0 Å². The van der Waals surface area contributed by atoms with Gasteiger partial charge in [-0.05, 0) is 24.4 Å². The Hall–Kier alpha value is -2.09. The molecule has 1 aromatic carbocycles. The lowest BCUT2D eigenvalue weighted by Crippen LogP contribution is -2.27. The summed E-state index contributed by atoms with van der Waals surface area (Å²) in [5, 5.41) is 11.0. The molecule has 0 aliphatic rings. The summed E-state index contributed by atoms with van der Waals surface area (Å²) in [6, 6.07) is 5.00. The summed E-state index contributed by atoms with van der Waals surface area (Å²) in [7, 11) is 6.43. The van der Waals surface area contributed by atoms with Gasteiger partial charge < -0.3 is 19.1 Å². The van der Waals surface area contributed by atoms with Crippen LogP contribution in [0.2, 0.25) is 0 Å². The molecule has 8 heteroatoms. The molecule has 0 amide bonds. The third-order valence-electron chi connectivity index (χ3n) is 2.70. The van der Waals surface area contributed by atoms with Gasteiger partial charge in [-0.1, -0.05) is 6.07 Å². The van der Waals surface area contributed by atoms with Crippen molar-refractivity contribution in [1.82, 2.24) is 4.90 Å². The highest BCUT2D eigenvalue weighted by Crippen LogP contribution is 2.31. The van der Waals surface area contributed by atoms with Gasteiger partial charge in [-0.2, -0.15) is 0 Å². The van der Waals surface area contributed by atoms with Gasteiger partial charge in [0.05, 0.1) is 14.2 Å². The van der Waals surface area contributed by atoms with Crippen LogP contribution in [0, 0.1) is 10.1 Å². The fraction of sp³-hybridized carbons (Fsp3) is 0.462. The Labute approximate surface area is 128 Å². The average Bonchev–Trinajstić information content (AvgIpc) is 2.45. The first-order chi connectivity index (χ1) is 9.88. The van der Waals surface area contributed by atoms with E-state index in [0.717, 1.165) is 0 Å². The number of hydrogen-bond acceptors (Lipinski definition) is 6. The van der Waals surface area contributed by atoms with Crippen LogP contribution in [-0.4, -0.2) is 49.9 Å². The molecule has 0 N–H and O–H groups in total. The Morgan fingerprint density at radius 1 is 1.33 bits per heavy atom. The molecule has 0 saturated heterocycles. The third kappa shape index (κ3) is 4.75. The Kier molecular flexibility index (Phi) is 6.16. The van der Waals surface area contributed by atoms with Gasteiger partial charge in [0.1, 0.15) is 0 Å². The number of nitro groups is 1. The van der Waals surface area contributed by atoms with Gasteiger partial charge in [-0.25, -0.2) is 0 Å². The first kappa shape index (κ1) is 17.0. The minimum Gasteiger partial charge on any atom is -0.493 e. The molecule has 0 heterocycles. The molecule has 7 nitrogen and oxygen atoms in total. The van der Waals surface area contributed by atoms with Crippen molar-refractivity contribution in [3.8, 4) is 11.5 Å². The highest BCUT2D eigenvalue weighted by Gasteiger charge is 2.23. The molecule has 0 aromatic heterocycles. The maximum Gasteiger partial charge on any atom is 0.259 e. The molecule has 21 heavy (non-hydrogen) atoms. The quantitative estimate of drug-likeness (QED) is 0.451. The van der Waals surface area contributed by atoms with E-state index in [-0.39, 0.29) is 5.17 Å². The van der Waals surface area contributed by atoms with Crippen molar-refractivity contribution in [3.63, 3.8) is 0 Å². The second kappa shape index (κ2) is 7.63. The molecule has 0 saturated carbocycles. The minimum absolute atomic E-state index is 0.177. The second-order valence-corrected chi connectivity index (χ2v) is 4.75. The number of methoxy groups -OCH3 is 2. The van der Waals surface area contributed by atoms with Gasteiger partial charge in [-0.3, -0.25) is 10.1 Å². The molecular formula is C13H18N2O5S. The normalized spacial score (nSPS) is 11.4. The molecule has 116 valence electrons. The summed E-state index contributed by atoms with van der Waals surface area (Å²) in [5.41, 5.74) is 0.591.